The van der Waals surface area contributed by atoms with Crippen LogP contribution < -0.4 is 10.9 Å². The van der Waals surface area contributed by atoms with Gasteiger partial charge in [0.15, 0.2) is 0 Å². The molecule has 2 rings (SSSR count). The molecule has 1 N–H and O–H groups in total. The Morgan fingerprint density at radius 3 is 2.58 bits per heavy atom. The summed E-state index contributed by atoms with van der Waals surface area (Å²) in [6.07, 6.45) is 0.576. The predicted octanol–water partition coefficient (Wildman–Crippen LogP) is 2.53. The summed E-state index contributed by atoms with van der Waals surface area (Å²) in [5.74, 6) is -0.425. The van der Waals surface area contributed by atoms with Crippen molar-refractivity contribution in [3.05, 3.63) is 52.2 Å². The molecule has 0 atom stereocenters. The fourth-order valence-electron chi connectivity index (χ4n) is 2.34. The molecule has 0 unspecified atom stereocenters. The van der Waals surface area contributed by atoms with E-state index in [9.17, 15) is 14.0 Å². The van der Waals surface area contributed by atoms with Gasteiger partial charge in [0.05, 0.1) is 0 Å². The van der Waals surface area contributed by atoms with Crippen LogP contribution in [-0.4, -0.2) is 21.0 Å². The molecule has 1 amide bonds. The van der Waals surface area contributed by atoms with Crippen molar-refractivity contribution in [3.8, 4) is 11.4 Å². The van der Waals surface area contributed by atoms with Crippen molar-refractivity contribution in [3.63, 3.8) is 0 Å². The van der Waals surface area contributed by atoms with E-state index < -0.39 is 11.4 Å². The summed E-state index contributed by atoms with van der Waals surface area (Å²) in [5.41, 5.74) is 0.333. The number of nitrogens with zero attached hydrogens (tertiary/aromatic N) is 2. The van der Waals surface area contributed by atoms with Gasteiger partial charge in [-0.3, -0.25) is 14.2 Å². The Kier molecular flexibility index (Phi) is 5.17. The topological polar surface area (TPSA) is 64.0 Å². The molecule has 1 aromatic heterocycles. The Balaban J connectivity index is 2.50. The molecule has 5 nitrogen and oxygen atoms in total. The molecule has 0 bridgehead atoms. The van der Waals surface area contributed by atoms with Crippen LogP contribution >= 0.6 is 0 Å². The maximum absolute atomic E-state index is 13.6. The molecule has 0 fully saturated rings. The van der Waals surface area contributed by atoms with Crippen LogP contribution in [0, 0.1) is 5.82 Å². The molecule has 2 aromatic rings. The van der Waals surface area contributed by atoms with Gasteiger partial charge >= 0.3 is 0 Å². The largest absolute Gasteiger partial charge is 0.350 e. The fourth-order valence-corrected chi connectivity index (χ4v) is 2.34. The van der Waals surface area contributed by atoms with Gasteiger partial charge in [0.1, 0.15) is 18.2 Å². The average Bonchev–Trinajstić information content (AvgIpc) is 2.47. The number of carbonyl (C=O) groups excluding carboxylic acids is 1. The molecule has 0 aliphatic heterocycles. The lowest BCUT2D eigenvalue weighted by molar-refractivity contribution is -0.123. The molecular formula is C18H22FN3O2. The lowest BCUT2D eigenvalue weighted by Gasteiger charge is -2.21. The molecule has 0 saturated heterocycles. The van der Waals surface area contributed by atoms with Gasteiger partial charge in [0.2, 0.25) is 5.91 Å². The van der Waals surface area contributed by atoms with E-state index in [0.29, 0.717) is 23.5 Å². The van der Waals surface area contributed by atoms with Crippen LogP contribution in [0.2, 0.25) is 0 Å². The van der Waals surface area contributed by atoms with Gasteiger partial charge in [-0.05, 0) is 39.3 Å². The highest BCUT2D eigenvalue weighted by atomic mass is 19.1. The second-order valence-electron chi connectivity index (χ2n) is 6.66. The molecule has 128 valence electrons. The van der Waals surface area contributed by atoms with Crippen LogP contribution in [-0.2, 0) is 17.8 Å². The third-order valence-corrected chi connectivity index (χ3v) is 3.32. The second-order valence-corrected chi connectivity index (χ2v) is 6.66. The van der Waals surface area contributed by atoms with Crippen molar-refractivity contribution < 1.29 is 9.18 Å². The van der Waals surface area contributed by atoms with Crippen LogP contribution in [0.3, 0.4) is 0 Å². The van der Waals surface area contributed by atoms with Gasteiger partial charge in [-0.15, -0.1) is 0 Å². The van der Waals surface area contributed by atoms with Crippen LogP contribution in [0.5, 0.6) is 0 Å². The number of carbonyl (C=O) groups is 1. The highest BCUT2D eigenvalue weighted by Crippen LogP contribution is 2.17. The molecule has 1 heterocycles. The molecule has 0 aliphatic rings. The first-order valence-corrected chi connectivity index (χ1v) is 7.87. The smallest absolute Gasteiger partial charge is 0.254 e. The Morgan fingerprint density at radius 1 is 1.29 bits per heavy atom. The van der Waals surface area contributed by atoms with Crippen LogP contribution in [0.4, 0.5) is 4.39 Å². The molecule has 0 saturated carbocycles. The van der Waals surface area contributed by atoms with E-state index >= 15 is 0 Å². The van der Waals surface area contributed by atoms with Crippen molar-refractivity contribution in [2.45, 2.75) is 46.2 Å². The zero-order valence-corrected chi connectivity index (χ0v) is 14.4. The van der Waals surface area contributed by atoms with Gasteiger partial charge in [-0.1, -0.05) is 19.1 Å². The van der Waals surface area contributed by atoms with Crippen LogP contribution in [0.1, 0.15) is 33.4 Å². The fraction of sp³-hybridized carbons (Fsp3) is 0.389. The Bertz CT molecular complexity index is 807. The minimum absolute atomic E-state index is 0.168. The summed E-state index contributed by atoms with van der Waals surface area (Å²) >= 11 is 0. The summed E-state index contributed by atoms with van der Waals surface area (Å²) in [6.45, 7) is 7.30. The number of rotatable bonds is 4. The van der Waals surface area contributed by atoms with Crippen LogP contribution in [0.15, 0.2) is 35.1 Å². The zero-order chi connectivity index (χ0) is 17.9. The second kappa shape index (κ2) is 6.95. The first-order valence-electron chi connectivity index (χ1n) is 7.87. The van der Waals surface area contributed by atoms with E-state index in [-0.39, 0.29) is 18.0 Å². The number of halogens is 1. The quantitative estimate of drug-likeness (QED) is 0.936. The van der Waals surface area contributed by atoms with Gasteiger partial charge < -0.3 is 5.32 Å². The summed E-state index contributed by atoms with van der Waals surface area (Å²) in [6, 6.07) is 7.26. The molecule has 1 aromatic carbocycles. The maximum Gasteiger partial charge on any atom is 0.254 e. The Labute approximate surface area is 140 Å². The SMILES string of the molecule is CCc1cc(=O)n(CC(=O)NC(C)(C)C)c(-c2cccc(F)c2)n1. The van der Waals surface area contributed by atoms with Crippen molar-refractivity contribution in [1.82, 2.24) is 14.9 Å². The number of hydrogen-bond acceptors (Lipinski definition) is 3. The number of hydrogen-bond donors (Lipinski definition) is 1. The van der Waals surface area contributed by atoms with Crippen LogP contribution in [0.25, 0.3) is 11.4 Å². The molecular weight excluding hydrogens is 309 g/mol. The highest BCUT2D eigenvalue weighted by Gasteiger charge is 2.18. The van der Waals surface area contributed by atoms with E-state index in [1.54, 1.807) is 12.1 Å². The van der Waals surface area contributed by atoms with E-state index in [4.69, 9.17) is 0 Å². The van der Waals surface area contributed by atoms with E-state index in [0.717, 1.165) is 0 Å². The third-order valence-electron chi connectivity index (χ3n) is 3.32. The Hall–Kier alpha value is -2.50. The summed E-state index contributed by atoms with van der Waals surface area (Å²) in [5, 5.41) is 2.81. The van der Waals surface area contributed by atoms with Gasteiger partial charge in [-0.2, -0.15) is 0 Å². The normalized spacial score (nSPS) is 11.4. The monoisotopic (exact) mass is 331 g/mol. The van der Waals surface area contributed by atoms with Gasteiger partial charge in [0.25, 0.3) is 5.56 Å². The minimum atomic E-state index is -0.422. The summed E-state index contributed by atoms with van der Waals surface area (Å²) in [7, 11) is 0. The summed E-state index contributed by atoms with van der Waals surface area (Å²) in [4.78, 5) is 29.1. The van der Waals surface area contributed by atoms with Crippen molar-refractivity contribution in [2.75, 3.05) is 0 Å². The molecule has 0 aliphatic carbocycles. The molecule has 6 heteroatoms. The highest BCUT2D eigenvalue weighted by molar-refractivity contribution is 5.77. The first kappa shape index (κ1) is 17.8. The predicted molar refractivity (Wildman–Crippen MR) is 91.2 cm³/mol. The number of benzene rings is 1. The van der Waals surface area contributed by atoms with E-state index in [2.05, 4.69) is 10.3 Å². The van der Waals surface area contributed by atoms with E-state index in [1.807, 2.05) is 27.7 Å². The average molecular weight is 331 g/mol. The number of aromatic nitrogens is 2. The molecule has 0 radical (unpaired) electrons. The lowest BCUT2D eigenvalue weighted by Crippen LogP contribution is -2.43. The van der Waals surface area contributed by atoms with Crippen molar-refractivity contribution >= 4 is 5.91 Å². The van der Waals surface area contributed by atoms with E-state index in [1.165, 1.54) is 22.8 Å². The maximum atomic E-state index is 13.6. The van der Waals surface area contributed by atoms with Crippen molar-refractivity contribution in [1.29, 1.82) is 0 Å². The zero-order valence-electron chi connectivity index (χ0n) is 14.4. The minimum Gasteiger partial charge on any atom is -0.350 e. The third kappa shape index (κ3) is 4.50. The number of amides is 1. The Morgan fingerprint density at radius 2 is 2.00 bits per heavy atom. The lowest BCUT2D eigenvalue weighted by atomic mass is 10.1. The van der Waals surface area contributed by atoms with Gasteiger partial charge in [-0.25, -0.2) is 9.37 Å². The number of nitrogens with one attached hydrogen (secondary N) is 1. The summed E-state index contributed by atoms with van der Waals surface area (Å²) < 4.78 is 14.8. The first-order chi connectivity index (χ1) is 11.2. The standard InChI is InChI=1S/C18H22FN3O2/c1-5-14-10-16(24)22(11-15(23)21-18(2,3)4)17(20-14)12-7-6-8-13(19)9-12/h6-10H,5,11H2,1-4H3,(H,21,23). The molecule has 0 spiro atoms. The molecule has 24 heavy (non-hydrogen) atoms. The van der Waals surface area contributed by atoms with Crippen molar-refractivity contribution in [2.24, 2.45) is 0 Å². The number of aryl methyl sites for hydroxylation is 1. The van der Waals surface area contributed by atoms with Gasteiger partial charge in [0, 0.05) is 22.9 Å².